The van der Waals surface area contributed by atoms with Crippen LogP contribution in [-0.2, 0) is 11.3 Å². The molecule has 45 heavy (non-hydrogen) atoms. The molecule has 9 nitrogen and oxygen atoms in total. The van der Waals surface area contributed by atoms with Crippen molar-refractivity contribution in [2.75, 3.05) is 19.8 Å². The lowest BCUT2D eigenvalue weighted by Crippen LogP contribution is -2.10. The zero-order valence-electron chi connectivity index (χ0n) is 24.1. The molecule has 0 amide bonds. The number of aryl methyl sites for hydroxylation is 1. The molecule has 0 spiro atoms. The summed E-state index contributed by atoms with van der Waals surface area (Å²) in [4.78, 5) is 18.4. The molecule has 0 unspecified atom stereocenters. The third kappa shape index (κ3) is 6.17. The van der Waals surface area contributed by atoms with Gasteiger partial charge in [-0.1, -0.05) is 54.6 Å². The maximum atomic E-state index is 15.7. The molecule has 0 aliphatic rings. The van der Waals surface area contributed by atoms with Gasteiger partial charge < -0.3 is 24.7 Å². The smallest absolute Gasteiger partial charge is 0.336 e. The Kier molecular flexibility index (Phi) is 8.37. The second-order valence-corrected chi connectivity index (χ2v) is 10.3. The van der Waals surface area contributed by atoms with E-state index >= 15 is 8.78 Å². The van der Waals surface area contributed by atoms with Crippen LogP contribution in [0.1, 0.15) is 15.9 Å². The molecule has 0 saturated carbocycles. The average molecular weight is 611 g/mol. The van der Waals surface area contributed by atoms with Gasteiger partial charge in [0.2, 0.25) is 0 Å². The minimum atomic E-state index is -1.11. The molecule has 228 valence electrons. The van der Waals surface area contributed by atoms with E-state index in [9.17, 15) is 9.90 Å². The Morgan fingerprint density at radius 2 is 1.60 bits per heavy atom. The third-order valence-electron chi connectivity index (χ3n) is 7.39. The van der Waals surface area contributed by atoms with Crippen LogP contribution in [0.5, 0.6) is 11.8 Å². The summed E-state index contributed by atoms with van der Waals surface area (Å²) < 4.78 is 43.7. The number of hydrogen-bond acceptors (Lipinski definition) is 6. The first-order valence-corrected chi connectivity index (χ1v) is 14.1. The predicted molar refractivity (Wildman–Crippen MR) is 164 cm³/mol. The summed E-state index contributed by atoms with van der Waals surface area (Å²) in [6.45, 7) is 2.91. The second-order valence-electron chi connectivity index (χ2n) is 10.3. The van der Waals surface area contributed by atoms with Gasteiger partial charge in [0.25, 0.3) is 6.01 Å². The van der Waals surface area contributed by atoms with Gasteiger partial charge in [0.1, 0.15) is 17.1 Å². The number of halogens is 2. The van der Waals surface area contributed by atoms with Crippen molar-refractivity contribution in [2.45, 2.75) is 13.5 Å². The molecule has 0 fully saturated rings. The molecule has 6 aromatic rings. The highest BCUT2D eigenvalue weighted by Crippen LogP contribution is 2.34. The molecule has 2 aromatic heterocycles. The maximum absolute atomic E-state index is 15.7. The molecule has 11 heteroatoms. The Bertz CT molecular complexity index is 1990. The SMILES string of the molecule is Cc1ccc(Oc2nc3c(F)c(-c4ccc(-c5ccc(-c6ccnn6CCOCCO)cc5)cc4)c(F)cc3[nH]2)cc1C(=O)O. The molecule has 0 atom stereocenters. The number of H-pyrrole nitrogens is 1. The van der Waals surface area contributed by atoms with Crippen LogP contribution in [0.15, 0.2) is 85.1 Å². The first kappa shape index (κ1) is 29.7. The molecular weight excluding hydrogens is 582 g/mol. The second kappa shape index (κ2) is 12.7. The summed E-state index contributed by atoms with van der Waals surface area (Å²) in [5.74, 6) is -2.53. The van der Waals surface area contributed by atoms with Gasteiger partial charge in [-0.25, -0.2) is 13.6 Å². The Balaban J connectivity index is 1.21. The van der Waals surface area contributed by atoms with Crippen LogP contribution in [0, 0.1) is 18.6 Å². The first-order chi connectivity index (χ1) is 21.8. The number of benzene rings is 4. The highest BCUT2D eigenvalue weighted by molar-refractivity contribution is 5.90. The quantitative estimate of drug-likeness (QED) is 0.137. The number of rotatable bonds is 11. The van der Waals surface area contributed by atoms with E-state index in [1.54, 1.807) is 49.5 Å². The van der Waals surface area contributed by atoms with Crippen LogP contribution in [0.25, 0.3) is 44.5 Å². The van der Waals surface area contributed by atoms with Crippen LogP contribution in [0.3, 0.4) is 0 Å². The lowest BCUT2D eigenvalue weighted by molar-refractivity contribution is 0.0695. The minimum absolute atomic E-state index is 0.0255. The highest BCUT2D eigenvalue weighted by Gasteiger charge is 2.20. The average Bonchev–Trinajstić information content (AvgIpc) is 3.67. The maximum Gasteiger partial charge on any atom is 0.336 e. The molecule has 0 radical (unpaired) electrons. The number of nitrogens with one attached hydrogen (secondary N) is 1. The Labute approximate surface area is 256 Å². The third-order valence-corrected chi connectivity index (χ3v) is 7.39. The number of nitrogens with zero attached hydrogens (tertiary/aromatic N) is 3. The fraction of sp³-hybridized carbons (Fsp3) is 0.147. The van der Waals surface area contributed by atoms with Gasteiger partial charge in [-0.3, -0.25) is 4.68 Å². The topological polar surface area (TPSA) is 122 Å². The van der Waals surface area contributed by atoms with Crippen molar-refractivity contribution in [1.29, 1.82) is 0 Å². The van der Waals surface area contributed by atoms with E-state index in [2.05, 4.69) is 15.1 Å². The van der Waals surface area contributed by atoms with E-state index < -0.39 is 17.6 Å². The molecule has 0 aliphatic heterocycles. The number of carboxylic acid groups (broad SMARTS) is 1. The van der Waals surface area contributed by atoms with E-state index in [1.165, 1.54) is 6.07 Å². The molecule has 2 heterocycles. The molecule has 4 aromatic carbocycles. The monoisotopic (exact) mass is 610 g/mol. The van der Waals surface area contributed by atoms with Crippen LogP contribution in [0.2, 0.25) is 0 Å². The Morgan fingerprint density at radius 3 is 2.29 bits per heavy atom. The Hall–Kier alpha value is -5.39. The predicted octanol–water partition coefficient (Wildman–Crippen LogP) is 6.85. The number of carbonyl (C=O) groups is 1. The zero-order valence-corrected chi connectivity index (χ0v) is 24.1. The van der Waals surface area contributed by atoms with E-state index in [-0.39, 0.29) is 47.1 Å². The normalized spacial score (nSPS) is 11.3. The van der Waals surface area contributed by atoms with Gasteiger partial charge in [0, 0.05) is 12.3 Å². The number of imidazole rings is 1. The van der Waals surface area contributed by atoms with Crippen molar-refractivity contribution >= 4 is 17.0 Å². The summed E-state index contributed by atoms with van der Waals surface area (Å²) >= 11 is 0. The molecule has 3 N–H and O–H groups in total. The highest BCUT2D eigenvalue weighted by atomic mass is 19.1. The lowest BCUT2D eigenvalue weighted by Gasteiger charge is -2.10. The van der Waals surface area contributed by atoms with Crippen LogP contribution in [-0.4, -0.2) is 55.8 Å². The van der Waals surface area contributed by atoms with E-state index in [0.717, 1.165) is 28.5 Å². The first-order valence-electron chi connectivity index (χ1n) is 14.1. The molecular formula is C34H28F2N4O5. The fourth-order valence-corrected chi connectivity index (χ4v) is 5.11. The number of aliphatic hydroxyl groups excluding tert-OH is 1. The zero-order chi connectivity index (χ0) is 31.5. The van der Waals surface area contributed by atoms with Crippen molar-refractivity contribution in [1.82, 2.24) is 19.7 Å². The van der Waals surface area contributed by atoms with Crippen molar-refractivity contribution in [3.8, 4) is 45.3 Å². The largest absolute Gasteiger partial charge is 0.478 e. The van der Waals surface area contributed by atoms with Crippen molar-refractivity contribution < 1.29 is 33.3 Å². The van der Waals surface area contributed by atoms with Gasteiger partial charge in [0.05, 0.1) is 48.7 Å². The van der Waals surface area contributed by atoms with E-state index in [4.69, 9.17) is 14.6 Å². The number of carboxylic acids is 1. The number of ether oxygens (including phenoxy) is 2. The minimum Gasteiger partial charge on any atom is -0.478 e. The van der Waals surface area contributed by atoms with Gasteiger partial charge in [-0.2, -0.15) is 10.1 Å². The summed E-state index contributed by atoms with van der Waals surface area (Å²) in [7, 11) is 0. The summed E-state index contributed by atoms with van der Waals surface area (Å²) in [6, 6.07) is 22.3. The van der Waals surface area contributed by atoms with Gasteiger partial charge in [-0.05, 0) is 52.9 Å². The number of hydrogen-bond donors (Lipinski definition) is 3. The van der Waals surface area contributed by atoms with E-state index in [1.807, 2.05) is 35.0 Å². The lowest BCUT2D eigenvalue weighted by atomic mass is 9.98. The van der Waals surface area contributed by atoms with E-state index in [0.29, 0.717) is 24.3 Å². The van der Waals surface area contributed by atoms with Crippen LogP contribution in [0.4, 0.5) is 8.78 Å². The fourth-order valence-electron chi connectivity index (χ4n) is 5.11. The number of aliphatic hydroxyl groups is 1. The van der Waals surface area contributed by atoms with Crippen molar-refractivity contribution in [2.24, 2.45) is 0 Å². The number of aromatic carboxylic acids is 1. The summed E-state index contributed by atoms with van der Waals surface area (Å²) in [5, 5.41) is 22.6. The number of aromatic amines is 1. The summed E-state index contributed by atoms with van der Waals surface area (Å²) in [5.41, 5.74) is 4.44. The van der Waals surface area contributed by atoms with Gasteiger partial charge in [0.15, 0.2) is 5.82 Å². The Morgan fingerprint density at radius 1 is 0.911 bits per heavy atom. The number of aromatic nitrogens is 4. The van der Waals surface area contributed by atoms with Gasteiger partial charge in [-0.15, -0.1) is 0 Å². The van der Waals surface area contributed by atoms with Crippen molar-refractivity contribution in [3.63, 3.8) is 0 Å². The molecule has 0 saturated heterocycles. The van der Waals surface area contributed by atoms with Crippen LogP contribution < -0.4 is 4.74 Å². The van der Waals surface area contributed by atoms with Gasteiger partial charge >= 0.3 is 5.97 Å². The summed E-state index contributed by atoms with van der Waals surface area (Å²) in [6.07, 6.45) is 1.72. The standard InChI is InChI=1S/C34H28F2N4O5/c1-20-2-11-25(18-26(20)33(42)43)45-34-38-28-19-27(35)30(31(36)32(28)39-34)24-9-5-22(6-10-24)21-3-7-23(8-4-21)29-12-13-37-40(29)14-16-44-17-15-41/h2-13,18-19,41H,14-17H2,1H3,(H,38,39)(H,42,43). The molecule has 6 rings (SSSR count). The van der Waals surface area contributed by atoms with Crippen LogP contribution >= 0.6 is 0 Å². The molecule has 0 bridgehead atoms. The molecule has 0 aliphatic carbocycles. The van der Waals surface area contributed by atoms with Crippen molar-refractivity contribution in [3.05, 3.63) is 108 Å². The number of fused-ring (bicyclic) bond motifs is 1.